The Morgan fingerprint density at radius 3 is 2.22 bits per heavy atom. The average Bonchev–Trinajstić information content (AvgIpc) is 2.91. The zero-order chi connectivity index (χ0) is 26.3. The summed E-state index contributed by atoms with van der Waals surface area (Å²) >= 11 is 0. The third-order valence-electron chi connectivity index (χ3n) is 5.75. The molecule has 0 fully saturated rings. The molecule has 0 heterocycles. The summed E-state index contributed by atoms with van der Waals surface area (Å²) in [7, 11) is -4.00. The smallest absolute Gasteiger partial charge is 0.264 e. The first-order valence-electron chi connectivity index (χ1n) is 12.1. The topological polar surface area (TPSA) is 84.9 Å². The fourth-order valence-electron chi connectivity index (χ4n) is 3.83. The first-order valence-corrected chi connectivity index (χ1v) is 13.5. The van der Waals surface area contributed by atoms with Crippen LogP contribution in [-0.4, -0.2) is 40.6 Å². The highest BCUT2D eigenvalue weighted by Crippen LogP contribution is 2.25. The second-order valence-electron chi connectivity index (χ2n) is 8.46. The Kier molecular flexibility index (Phi) is 8.30. The number of ether oxygens (including phenoxy) is 2. The third-order valence-corrected chi connectivity index (χ3v) is 7.53. The molecule has 0 bridgehead atoms. The van der Waals surface area contributed by atoms with E-state index < -0.39 is 15.9 Å². The normalized spacial score (nSPS) is 11.2. The predicted octanol–water partition coefficient (Wildman–Crippen LogP) is 4.94. The number of nitrogens with one attached hydrogen (secondary N) is 1. The van der Waals surface area contributed by atoms with Gasteiger partial charge in [-0.25, -0.2) is 8.42 Å². The number of anilines is 1. The second-order valence-corrected chi connectivity index (χ2v) is 10.3. The summed E-state index contributed by atoms with van der Waals surface area (Å²) in [5.74, 6) is 0.844. The molecule has 0 aliphatic heterocycles. The molecule has 0 atom stereocenters. The molecule has 0 saturated carbocycles. The summed E-state index contributed by atoms with van der Waals surface area (Å²) < 4.78 is 39.4. The van der Waals surface area contributed by atoms with Gasteiger partial charge in [0.1, 0.15) is 24.7 Å². The lowest BCUT2D eigenvalue weighted by molar-refractivity contribution is -0.119. The Labute approximate surface area is 217 Å². The summed E-state index contributed by atoms with van der Waals surface area (Å²) in [5, 5.41) is 4.95. The minimum atomic E-state index is -4.00. The molecule has 8 heteroatoms. The van der Waals surface area contributed by atoms with Gasteiger partial charge in [-0.15, -0.1) is 0 Å². The van der Waals surface area contributed by atoms with E-state index in [2.05, 4.69) is 5.32 Å². The molecule has 0 unspecified atom stereocenters. The van der Waals surface area contributed by atoms with Crippen molar-refractivity contribution in [3.63, 3.8) is 0 Å². The fraction of sp³-hybridized carbons (Fsp3) is 0.207. The van der Waals surface area contributed by atoms with Crippen molar-refractivity contribution in [1.82, 2.24) is 5.32 Å². The molecule has 0 aliphatic carbocycles. The van der Waals surface area contributed by atoms with Crippen LogP contribution in [-0.2, 0) is 14.8 Å². The molecular weight excluding hydrogens is 488 g/mol. The fourth-order valence-corrected chi connectivity index (χ4v) is 5.25. The van der Waals surface area contributed by atoms with Crippen molar-refractivity contribution in [3.05, 3.63) is 96.6 Å². The Bertz CT molecular complexity index is 1450. The second kappa shape index (κ2) is 11.8. The van der Waals surface area contributed by atoms with Gasteiger partial charge in [0.15, 0.2) is 0 Å². The highest BCUT2D eigenvalue weighted by atomic mass is 32.2. The van der Waals surface area contributed by atoms with E-state index in [9.17, 15) is 13.2 Å². The van der Waals surface area contributed by atoms with Crippen LogP contribution in [0, 0.1) is 6.92 Å². The minimum Gasteiger partial charge on any atom is -0.494 e. The van der Waals surface area contributed by atoms with E-state index in [1.807, 2.05) is 68.4 Å². The van der Waals surface area contributed by atoms with E-state index in [1.54, 1.807) is 24.3 Å². The van der Waals surface area contributed by atoms with E-state index in [1.165, 1.54) is 12.1 Å². The average molecular weight is 519 g/mol. The number of hydrogen-bond acceptors (Lipinski definition) is 5. The van der Waals surface area contributed by atoms with Crippen molar-refractivity contribution in [3.8, 4) is 11.5 Å². The lowest BCUT2D eigenvalue weighted by atomic mass is 10.1. The van der Waals surface area contributed by atoms with E-state index in [0.29, 0.717) is 23.8 Å². The molecule has 1 amide bonds. The number of nitrogens with zero attached hydrogens (tertiary/aromatic N) is 1. The van der Waals surface area contributed by atoms with Crippen LogP contribution < -0.4 is 19.1 Å². The number of fused-ring (bicyclic) bond motifs is 1. The molecule has 4 rings (SSSR count). The van der Waals surface area contributed by atoms with Gasteiger partial charge >= 0.3 is 0 Å². The highest BCUT2D eigenvalue weighted by molar-refractivity contribution is 7.92. The van der Waals surface area contributed by atoms with Gasteiger partial charge < -0.3 is 14.8 Å². The zero-order valence-electron chi connectivity index (χ0n) is 20.9. The van der Waals surface area contributed by atoms with Gasteiger partial charge in [-0.3, -0.25) is 9.10 Å². The molecule has 7 nitrogen and oxygen atoms in total. The van der Waals surface area contributed by atoms with Crippen LogP contribution in [0.4, 0.5) is 5.69 Å². The number of aryl methyl sites for hydroxylation is 1. The van der Waals surface area contributed by atoms with Gasteiger partial charge in [0.05, 0.1) is 23.7 Å². The Hall–Kier alpha value is -4.04. The van der Waals surface area contributed by atoms with E-state index in [0.717, 1.165) is 20.6 Å². The van der Waals surface area contributed by atoms with Crippen molar-refractivity contribution in [2.75, 3.05) is 30.6 Å². The molecule has 4 aromatic carbocycles. The number of amides is 1. The molecule has 0 spiro atoms. The maximum absolute atomic E-state index is 13.5. The number of sulfonamides is 1. The SMILES string of the molecule is CCOc1ccc(S(=O)(=O)N(CC(=O)NCCOc2ccc3ccccc3c2)c2ccc(C)cc2)cc1. The lowest BCUT2D eigenvalue weighted by Crippen LogP contribution is -2.41. The quantitative estimate of drug-likeness (QED) is 0.285. The van der Waals surface area contributed by atoms with Crippen LogP contribution in [0.3, 0.4) is 0 Å². The van der Waals surface area contributed by atoms with Crippen molar-refractivity contribution in [1.29, 1.82) is 0 Å². The van der Waals surface area contributed by atoms with Crippen molar-refractivity contribution < 1.29 is 22.7 Å². The number of carbonyl (C=O) groups is 1. The molecule has 0 saturated heterocycles. The highest BCUT2D eigenvalue weighted by Gasteiger charge is 2.27. The predicted molar refractivity (Wildman–Crippen MR) is 146 cm³/mol. The standard InChI is InChI=1S/C29H30N2O5S/c1-3-35-26-14-16-28(17-15-26)37(33,34)31(25-11-8-22(2)9-12-25)21-29(32)30-18-19-36-27-13-10-23-6-4-5-7-24(23)20-27/h4-17,20H,3,18-19,21H2,1-2H3,(H,30,32). The maximum Gasteiger partial charge on any atom is 0.264 e. The first-order chi connectivity index (χ1) is 17.9. The van der Waals surface area contributed by atoms with E-state index in [-0.39, 0.29) is 24.6 Å². The molecule has 192 valence electrons. The molecule has 1 N–H and O–H groups in total. The van der Waals surface area contributed by atoms with Crippen LogP contribution in [0.5, 0.6) is 11.5 Å². The lowest BCUT2D eigenvalue weighted by Gasteiger charge is -2.24. The van der Waals surface area contributed by atoms with Gasteiger partial charge in [0.25, 0.3) is 10.0 Å². The summed E-state index contributed by atoms with van der Waals surface area (Å²) in [6.45, 7) is 4.37. The number of rotatable bonds is 11. The van der Waals surface area contributed by atoms with Gasteiger partial charge in [0.2, 0.25) is 5.91 Å². The van der Waals surface area contributed by atoms with Crippen molar-refractivity contribution in [2.45, 2.75) is 18.7 Å². The molecule has 4 aromatic rings. The summed E-state index contributed by atoms with van der Waals surface area (Å²) in [5.41, 5.74) is 1.39. The number of benzene rings is 4. The van der Waals surface area contributed by atoms with Crippen LogP contribution in [0.1, 0.15) is 12.5 Å². The molecule has 0 aromatic heterocycles. The zero-order valence-corrected chi connectivity index (χ0v) is 21.7. The van der Waals surface area contributed by atoms with Gasteiger partial charge in [-0.1, -0.05) is 48.0 Å². The maximum atomic E-state index is 13.5. The Morgan fingerprint density at radius 1 is 0.838 bits per heavy atom. The molecule has 37 heavy (non-hydrogen) atoms. The molecular formula is C29H30N2O5S. The third kappa shape index (κ3) is 6.59. The van der Waals surface area contributed by atoms with Crippen LogP contribution >= 0.6 is 0 Å². The largest absolute Gasteiger partial charge is 0.494 e. The van der Waals surface area contributed by atoms with Crippen LogP contribution in [0.15, 0.2) is 95.9 Å². The Morgan fingerprint density at radius 2 is 1.51 bits per heavy atom. The van der Waals surface area contributed by atoms with E-state index in [4.69, 9.17) is 9.47 Å². The van der Waals surface area contributed by atoms with Crippen LogP contribution in [0.25, 0.3) is 10.8 Å². The molecule has 0 radical (unpaired) electrons. The summed E-state index contributed by atoms with van der Waals surface area (Å²) in [6, 6.07) is 27.0. The van der Waals surface area contributed by atoms with Gasteiger partial charge in [0, 0.05) is 0 Å². The number of hydrogen-bond donors (Lipinski definition) is 1. The molecule has 0 aliphatic rings. The van der Waals surface area contributed by atoms with Crippen molar-refractivity contribution >= 4 is 32.4 Å². The summed E-state index contributed by atoms with van der Waals surface area (Å²) in [6.07, 6.45) is 0. The first kappa shape index (κ1) is 26.0. The minimum absolute atomic E-state index is 0.0731. The summed E-state index contributed by atoms with van der Waals surface area (Å²) in [4.78, 5) is 12.9. The van der Waals surface area contributed by atoms with E-state index >= 15 is 0 Å². The Balaban J connectivity index is 1.42. The van der Waals surface area contributed by atoms with Gasteiger partial charge in [-0.2, -0.15) is 0 Å². The number of carbonyl (C=O) groups excluding carboxylic acids is 1. The monoisotopic (exact) mass is 518 g/mol. The van der Waals surface area contributed by atoms with Crippen LogP contribution in [0.2, 0.25) is 0 Å². The van der Waals surface area contributed by atoms with Crippen molar-refractivity contribution in [2.24, 2.45) is 0 Å². The van der Waals surface area contributed by atoms with Gasteiger partial charge in [-0.05, 0) is 73.2 Å².